The molecule has 3 heterocycles. The summed E-state index contributed by atoms with van der Waals surface area (Å²) in [5, 5.41) is 0. The molecule has 136 valence electrons. The zero-order valence-corrected chi connectivity index (χ0v) is 15.2. The molecule has 1 amide bonds. The van der Waals surface area contributed by atoms with Crippen molar-refractivity contribution >= 4 is 11.6 Å². The van der Waals surface area contributed by atoms with Crippen LogP contribution in [0.3, 0.4) is 0 Å². The second-order valence-electron chi connectivity index (χ2n) is 6.43. The van der Waals surface area contributed by atoms with Gasteiger partial charge in [-0.1, -0.05) is 18.2 Å². The maximum Gasteiger partial charge on any atom is 0.254 e. The van der Waals surface area contributed by atoms with E-state index in [-0.39, 0.29) is 5.91 Å². The first-order valence-electron chi connectivity index (χ1n) is 8.99. The molecule has 4 rings (SSSR count). The third kappa shape index (κ3) is 3.60. The molecule has 0 spiro atoms. The molecule has 6 nitrogen and oxygen atoms in total. The third-order valence-electron chi connectivity index (χ3n) is 4.64. The monoisotopic (exact) mass is 359 g/mol. The van der Waals surface area contributed by atoms with Gasteiger partial charge < -0.3 is 13.9 Å². The summed E-state index contributed by atoms with van der Waals surface area (Å²) in [6, 6.07) is 13.7. The molecule has 0 unspecified atom stereocenters. The Bertz CT molecular complexity index is 1030. The number of pyridine rings is 1. The molecule has 0 saturated heterocycles. The molecule has 6 heteroatoms. The van der Waals surface area contributed by atoms with Crippen molar-refractivity contribution in [3.8, 4) is 0 Å². The van der Waals surface area contributed by atoms with E-state index in [1.807, 2.05) is 81.8 Å². The minimum atomic E-state index is 0.0255. The number of aromatic nitrogens is 4. The summed E-state index contributed by atoms with van der Waals surface area (Å²) in [7, 11) is 0. The first-order valence-corrected chi connectivity index (χ1v) is 8.99. The van der Waals surface area contributed by atoms with E-state index >= 15 is 0 Å². The van der Waals surface area contributed by atoms with Crippen molar-refractivity contribution in [2.24, 2.45) is 0 Å². The van der Waals surface area contributed by atoms with Crippen LogP contribution >= 0.6 is 0 Å². The lowest BCUT2D eigenvalue weighted by Gasteiger charge is -2.21. The number of hydrogen-bond acceptors (Lipinski definition) is 3. The van der Waals surface area contributed by atoms with Crippen LogP contribution in [0.2, 0.25) is 0 Å². The zero-order valence-electron chi connectivity index (χ0n) is 15.2. The Labute approximate surface area is 157 Å². The average molecular weight is 359 g/mol. The fourth-order valence-electron chi connectivity index (χ4n) is 3.15. The standard InChI is InChI=1S/C21H21N5O/c1-2-25(15-19-13-23-20-5-3-4-11-26(19)20)21(27)18-8-6-17(7-9-18)14-24-12-10-22-16-24/h3-13,16H,2,14-15H2,1H3. The fraction of sp³-hybridized carbons (Fsp3) is 0.190. The highest BCUT2D eigenvalue weighted by Gasteiger charge is 2.16. The van der Waals surface area contributed by atoms with Gasteiger partial charge in [-0.3, -0.25) is 4.79 Å². The maximum atomic E-state index is 12.9. The van der Waals surface area contributed by atoms with Crippen molar-refractivity contribution in [1.29, 1.82) is 0 Å². The zero-order chi connectivity index (χ0) is 18.6. The van der Waals surface area contributed by atoms with Gasteiger partial charge in [0.05, 0.1) is 24.8 Å². The minimum Gasteiger partial charge on any atom is -0.333 e. The predicted octanol–water partition coefficient (Wildman–Crippen LogP) is 3.24. The second kappa shape index (κ2) is 7.45. The summed E-state index contributed by atoms with van der Waals surface area (Å²) in [4.78, 5) is 23.2. The summed E-state index contributed by atoms with van der Waals surface area (Å²) in [5.41, 5.74) is 3.71. The van der Waals surface area contributed by atoms with Crippen LogP contribution in [-0.4, -0.2) is 36.3 Å². The molecule has 0 bridgehead atoms. The van der Waals surface area contributed by atoms with E-state index in [0.29, 0.717) is 18.7 Å². The molecule has 4 aromatic rings. The molecule has 0 radical (unpaired) electrons. The normalized spacial score (nSPS) is 11.0. The topological polar surface area (TPSA) is 55.4 Å². The number of hydrogen-bond donors (Lipinski definition) is 0. The number of rotatable bonds is 6. The van der Waals surface area contributed by atoms with Crippen LogP contribution in [-0.2, 0) is 13.1 Å². The van der Waals surface area contributed by atoms with Crippen molar-refractivity contribution in [3.05, 3.63) is 90.4 Å². The minimum absolute atomic E-state index is 0.0255. The number of carbonyl (C=O) groups excluding carboxylic acids is 1. The number of amides is 1. The van der Waals surface area contributed by atoms with Crippen LogP contribution in [0.25, 0.3) is 5.65 Å². The van der Waals surface area contributed by atoms with Crippen molar-refractivity contribution in [2.45, 2.75) is 20.0 Å². The first kappa shape index (κ1) is 17.0. The molecular weight excluding hydrogens is 338 g/mol. The summed E-state index contributed by atoms with van der Waals surface area (Å²) in [6.07, 6.45) is 9.28. The van der Waals surface area contributed by atoms with Crippen molar-refractivity contribution in [2.75, 3.05) is 6.54 Å². The summed E-state index contributed by atoms with van der Waals surface area (Å²) >= 11 is 0. The molecule has 27 heavy (non-hydrogen) atoms. The van der Waals surface area contributed by atoms with Crippen molar-refractivity contribution in [1.82, 2.24) is 23.8 Å². The van der Waals surface area contributed by atoms with E-state index in [1.54, 1.807) is 12.5 Å². The van der Waals surface area contributed by atoms with Gasteiger partial charge in [0, 0.05) is 37.2 Å². The quantitative estimate of drug-likeness (QED) is 0.531. The van der Waals surface area contributed by atoms with Crippen LogP contribution < -0.4 is 0 Å². The van der Waals surface area contributed by atoms with Gasteiger partial charge in [-0.15, -0.1) is 0 Å². The third-order valence-corrected chi connectivity index (χ3v) is 4.64. The average Bonchev–Trinajstić information content (AvgIpc) is 3.36. The summed E-state index contributed by atoms with van der Waals surface area (Å²) in [5.74, 6) is 0.0255. The van der Waals surface area contributed by atoms with Gasteiger partial charge in [-0.05, 0) is 36.8 Å². The molecule has 1 aromatic carbocycles. The number of fused-ring (bicyclic) bond motifs is 1. The number of nitrogens with zero attached hydrogens (tertiary/aromatic N) is 5. The van der Waals surface area contributed by atoms with E-state index in [4.69, 9.17) is 0 Å². The highest BCUT2D eigenvalue weighted by atomic mass is 16.2. The molecule has 0 N–H and O–H groups in total. The highest BCUT2D eigenvalue weighted by molar-refractivity contribution is 5.94. The number of benzene rings is 1. The van der Waals surface area contributed by atoms with E-state index in [1.165, 1.54) is 0 Å². The van der Waals surface area contributed by atoms with Gasteiger partial charge in [-0.25, -0.2) is 9.97 Å². The Kier molecular flexibility index (Phi) is 4.70. The second-order valence-corrected chi connectivity index (χ2v) is 6.43. The van der Waals surface area contributed by atoms with Gasteiger partial charge in [0.2, 0.25) is 0 Å². The Morgan fingerprint density at radius 2 is 1.96 bits per heavy atom. The molecular formula is C21H21N5O. The molecule has 0 fully saturated rings. The molecule has 0 saturated carbocycles. The molecule has 0 aliphatic carbocycles. The van der Waals surface area contributed by atoms with E-state index < -0.39 is 0 Å². The molecule has 0 aliphatic heterocycles. The van der Waals surface area contributed by atoms with E-state index in [9.17, 15) is 4.79 Å². The predicted molar refractivity (Wildman–Crippen MR) is 103 cm³/mol. The van der Waals surface area contributed by atoms with Crippen LogP contribution in [0.15, 0.2) is 73.6 Å². The fourth-order valence-corrected chi connectivity index (χ4v) is 3.15. The lowest BCUT2D eigenvalue weighted by molar-refractivity contribution is 0.0750. The molecule has 0 aliphatic rings. The molecule has 0 atom stereocenters. The summed E-state index contributed by atoms with van der Waals surface area (Å²) in [6.45, 7) is 3.90. The van der Waals surface area contributed by atoms with Gasteiger partial charge in [-0.2, -0.15) is 0 Å². The van der Waals surface area contributed by atoms with Crippen LogP contribution in [0.1, 0.15) is 28.5 Å². The highest BCUT2D eigenvalue weighted by Crippen LogP contribution is 2.13. The Morgan fingerprint density at radius 1 is 1.11 bits per heavy atom. The Morgan fingerprint density at radius 3 is 2.70 bits per heavy atom. The summed E-state index contributed by atoms with van der Waals surface area (Å²) < 4.78 is 4.02. The molecule has 3 aromatic heterocycles. The van der Waals surface area contributed by atoms with Gasteiger partial charge >= 0.3 is 0 Å². The first-order chi connectivity index (χ1) is 13.2. The van der Waals surface area contributed by atoms with Crippen LogP contribution in [0.5, 0.6) is 0 Å². The lowest BCUT2D eigenvalue weighted by Crippen LogP contribution is -2.30. The SMILES string of the molecule is CCN(Cc1cnc2ccccn12)C(=O)c1ccc(Cn2ccnc2)cc1. The van der Waals surface area contributed by atoms with E-state index in [2.05, 4.69) is 9.97 Å². The Balaban J connectivity index is 1.49. The van der Waals surface area contributed by atoms with Crippen LogP contribution in [0.4, 0.5) is 0 Å². The van der Waals surface area contributed by atoms with E-state index in [0.717, 1.165) is 23.4 Å². The Hall–Kier alpha value is -3.41. The number of carbonyl (C=O) groups is 1. The van der Waals surface area contributed by atoms with Crippen molar-refractivity contribution in [3.63, 3.8) is 0 Å². The van der Waals surface area contributed by atoms with Gasteiger partial charge in [0.15, 0.2) is 0 Å². The smallest absolute Gasteiger partial charge is 0.254 e. The lowest BCUT2D eigenvalue weighted by atomic mass is 10.1. The van der Waals surface area contributed by atoms with Gasteiger partial charge in [0.25, 0.3) is 5.91 Å². The maximum absolute atomic E-state index is 12.9. The number of imidazole rings is 2. The largest absolute Gasteiger partial charge is 0.333 e. The van der Waals surface area contributed by atoms with Crippen molar-refractivity contribution < 1.29 is 4.79 Å². The van der Waals surface area contributed by atoms with Gasteiger partial charge in [0.1, 0.15) is 5.65 Å². The van der Waals surface area contributed by atoms with Crippen LogP contribution in [0, 0.1) is 0 Å².